The zero-order valence-corrected chi connectivity index (χ0v) is 9.53. The van der Waals surface area contributed by atoms with E-state index >= 15 is 0 Å². The third-order valence-corrected chi connectivity index (χ3v) is 3.12. The summed E-state index contributed by atoms with van der Waals surface area (Å²) >= 11 is 0. The summed E-state index contributed by atoms with van der Waals surface area (Å²) in [5.41, 5.74) is -1.36. The van der Waals surface area contributed by atoms with Gasteiger partial charge in [0.25, 0.3) is 5.91 Å². The molecule has 16 heavy (non-hydrogen) atoms. The van der Waals surface area contributed by atoms with Gasteiger partial charge in [-0.1, -0.05) is 26.2 Å². The van der Waals surface area contributed by atoms with Crippen LogP contribution in [-0.4, -0.2) is 33.7 Å². The largest absolute Gasteiger partial charge is 0.480 e. The van der Waals surface area contributed by atoms with Crippen molar-refractivity contribution in [1.29, 1.82) is 0 Å². The third kappa shape index (κ3) is 2.95. The molecule has 0 spiro atoms. The second-order valence-corrected chi connectivity index (χ2v) is 4.36. The van der Waals surface area contributed by atoms with Gasteiger partial charge in [0.1, 0.15) is 11.6 Å². The lowest BCUT2D eigenvalue weighted by Gasteiger charge is -2.31. The zero-order chi connectivity index (χ0) is 12.2. The van der Waals surface area contributed by atoms with Crippen LogP contribution in [-0.2, 0) is 9.59 Å². The zero-order valence-electron chi connectivity index (χ0n) is 9.53. The molecule has 1 fully saturated rings. The van der Waals surface area contributed by atoms with Crippen LogP contribution in [0.2, 0.25) is 0 Å². The summed E-state index contributed by atoms with van der Waals surface area (Å²) in [6.45, 7) is 1.68. The minimum atomic E-state index is -1.36. The number of hydrogen-bond donors (Lipinski definition) is 3. The van der Waals surface area contributed by atoms with Crippen molar-refractivity contribution in [3.63, 3.8) is 0 Å². The first kappa shape index (κ1) is 13.0. The Labute approximate surface area is 94.8 Å². The molecule has 0 aromatic heterocycles. The van der Waals surface area contributed by atoms with E-state index in [9.17, 15) is 14.7 Å². The SMILES string of the molecule is CCC(NC(=O)C1(O)CCCCC1)C(=O)O. The first-order valence-electron chi connectivity index (χ1n) is 5.76. The van der Waals surface area contributed by atoms with Gasteiger partial charge in [-0.3, -0.25) is 4.79 Å². The fraction of sp³-hybridized carbons (Fsp3) is 0.818. The number of carbonyl (C=O) groups excluding carboxylic acids is 1. The van der Waals surface area contributed by atoms with Gasteiger partial charge in [-0.2, -0.15) is 0 Å². The van der Waals surface area contributed by atoms with Crippen LogP contribution >= 0.6 is 0 Å². The Morgan fingerprint density at radius 1 is 1.31 bits per heavy atom. The molecule has 0 aromatic rings. The minimum absolute atomic E-state index is 0.317. The summed E-state index contributed by atoms with van der Waals surface area (Å²) in [4.78, 5) is 22.5. The number of amides is 1. The predicted octanol–water partition coefficient (Wildman–Crippen LogP) is 0.661. The van der Waals surface area contributed by atoms with Crippen LogP contribution in [0.25, 0.3) is 0 Å². The number of aliphatic carboxylic acids is 1. The van der Waals surface area contributed by atoms with Crippen LogP contribution in [0.5, 0.6) is 0 Å². The lowest BCUT2D eigenvalue weighted by atomic mass is 9.84. The van der Waals surface area contributed by atoms with Crippen LogP contribution in [0.15, 0.2) is 0 Å². The van der Waals surface area contributed by atoms with E-state index in [1.54, 1.807) is 6.92 Å². The van der Waals surface area contributed by atoms with Crippen molar-refractivity contribution in [2.75, 3.05) is 0 Å². The third-order valence-electron chi connectivity index (χ3n) is 3.12. The highest BCUT2D eigenvalue weighted by Gasteiger charge is 2.38. The molecule has 1 aliphatic rings. The van der Waals surface area contributed by atoms with Gasteiger partial charge in [-0.25, -0.2) is 4.79 Å². The Hall–Kier alpha value is -1.10. The lowest BCUT2D eigenvalue weighted by molar-refractivity contribution is -0.149. The number of carboxylic acid groups (broad SMARTS) is 1. The Balaban J connectivity index is 2.59. The summed E-state index contributed by atoms with van der Waals surface area (Å²) in [7, 11) is 0. The number of aliphatic hydroxyl groups is 1. The van der Waals surface area contributed by atoms with Crippen molar-refractivity contribution in [3.8, 4) is 0 Å². The molecule has 0 aromatic carbocycles. The summed E-state index contributed by atoms with van der Waals surface area (Å²) in [5.74, 6) is -1.60. The van der Waals surface area contributed by atoms with Crippen molar-refractivity contribution >= 4 is 11.9 Å². The van der Waals surface area contributed by atoms with Gasteiger partial charge in [0.05, 0.1) is 0 Å². The van der Waals surface area contributed by atoms with E-state index in [0.29, 0.717) is 19.3 Å². The van der Waals surface area contributed by atoms with Crippen LogP contribution < -0.4 is 5.32 Å². The number of hydrogen-bond acceptors (Lipinski definition) is 3. The molecule has 1 rings (SSSR count). The second-order valence-electron chi connectivity index (χ2n) is 4.36. The van der Waals surface area contributed by atoms with Crippen molar-refractivity contribution in [2.24, 2.45) is 0 Å². The minimum Gasteiger partial charge on any atom is -0.480 e. The molecule has 5 heteroatoms. The number of carbonyl (C=O) groups is 2. The van der Waals surface area contributed by atoms with Gasteiger partial charge in [0.15, 0.2) is 0 Å². The molecule has 1 saturated carbocycles. The Morgan fingerprint density at radius 3 is 2.31 bits per heavy atom. The maximum atomic E-state index is 11.8. The molecule has 1 unspecified atom stereocenters. The second kappa shape index (κ2) is 5.30. The van der Waals surface area contributed by atoms with E-state index in [1.807, 2.05) is 0 Å². The summed E-state index contributed by atoms with van der Waals surface area (Å²) in [6.07, 6.45) is 3.81. The van der Waals surface area contributed by atoms with E-state index in [2.05, 4.69) is 5.32 Å². The molecule has 0 aliphatic heterocycles. The summed E-state index contributed by atoms with van der Waals surface area (Å²) in [6, 6.07) is -0.904. The van der Waals surface area contributed by atoms with E-state index in [-0.39, 0.29) is 0 Å². The highest BCUT2D eigenvalue weighted by Crippen LogP contribution is 2.28. The van der Waals surface area contributed by atoms with E-state index in [4.69, 9.17) is 5.11 Å². The summed E-state index contributed by atoms with van der Waals surface area (Å²) in [5, 5.41) is 21.3. The van der Waals surface area contributed by atoms with Gasteiger partial charge in [-0.15, -0.1) is 0 Å². The van der Waals surface area contributed by atoms with E-state index in [1.165, 1.54) is 0 Å². The molecule has 3 N–H and O–H groups in total. The fourth-order valence-corrected chi connectivity index (χ4v) is 1.99. The quantitative estimate of drug-likeness (QED) is 0.661. The highest BCUT2D eigenvalue weighted by molar-refractivity contribution is 5.89. The predicted molar refractivity (Wildman–Crippen MR) is 57.9 cm³/mol. The van der Waals surface area contributed by atoms with Crippen LogP contribution in [0.3, 0.4) is 0 Å². The standard InChI is InChI=1S/C11H19NO4/c1-2-8(9(13)14)12-10(15)11(16)6-4-3-5-7-11/h8,16H,2-7H2,1H3,(H,12,15)(H,13,14). The Morgan fingerprint density at radius 2 is 1.88 bits per heavy atom. The van der Waals surface area contributed by atoms with Gasteiger partial charge < -0.3 is 15.5 Å². The monoisotopic (exact) mass is 229 g/mol. The molecule has 0 radical (unpaired) electrons. The van der Waals surface area contributed by atoms with Crippen molar-refractivity contribution in [1.82, 2.24) is 5.32 Å². The molecule has 0 bridgehead atoms. The average molecular weight is 229 g/mol. The smallest absolute Gasteiger partial charge is 0.326 e. The number of rotatable bonds is 4. The van der Waals surface area contributed by atoms with Crippen molar-refractivity contribution in [2.45, 2.75) is 57.1 Å². The van der Waals surface area contributed by atoms with Crippen molar-refractivity contribution < 1.29 is 19.8 Å². The maximum Gasteiger partial charge on any atom is 0.326 e. The first-order valence-corrected chi connectivity index (χ1v) is 5.76. The van der Waals surface area contributed by atoms with E-state index in [0.717, 1.165) is 19.3 Å². The molecule has 0 heterocycles. The van der Waals surface area contributed by atoms with Crippen LogP contribution in [0.4, 0.5) is 0 Å². The first-order chi connectivity index (χ1) is 7.49. The summed E-state index contributed by atoms with van der Waals surface area (Å²) < 4.78 is 0. The highest BCUT2D eigenvalue weighted by atomic mass is 16.4. The topological polar surface area (TPSA) is 86.6 Å². The number of carboxylic acids is 1. The lowest BCUT2D eigenvalue weighted by Crippen LogP contribution is -2.53. The molecular weight excluding hydrogens is 210 g/mol. The molecule has 5 nitrogen and oxygen atoms in total. The molecule has 1 atom stereocenters. The van der Waals surface area contributed by atoms with E-state index < -0.39 is 23.5 Å². The normalized spacial score (nSPS) is 21.1. The molecule has 1 aliphatic carbocycles. The molecule has 92 valence electrons. The average Bonchev–Trinajstić information content (AvgIpc) is 2.26. The fourth-order valence-electron chi connectivity index (χ4n) is 1.99. The van der Waals surface area contributed by atoms with Gasteiger partial charge in [0.2, 0.25) is 0 Å². The Bertz CT molecular complexity index is 271. The van der Waals surface area contributed by atoms with Gasteiger partial charge >= 0.3 is 5.97 Å². The Kier molecular flexibility index (Phi) is 4.29. The molecule has 1 amide bonds. The molecular formula is C11H19NO4. The van der Waals surface area contributed by atoms with Gasteiger partial charge in [-0.05, 0) is 19.3 Å². The van der Waals surface area contributed by atoms with Crippen LogP contribution in [0, 0.1) is 0 Å². The van der Waals surface area contributed by atoms with Crippen LogP contribution in [0.1, 0.15) is 45.4 Å². The maximum absolute atomic E-state index is 11.8. The van der Waals surface area contributed by atoms with Gasteiger partial charge in [0, 0.05) is 0 Å². The molecule has 0 saturated heterocycles. The van der Waals surface area contributed by atoms with Crippen molar-refractivity contribution in [3.05, 3.63) is 0 Å². The number of nitrogens with one attached hydrogen (secondary N) is 1.